The van der Waals surface area contributed by atoms with Crippen molar-refractivity contribution in [2.24, 2.45) is 5.92 Å². The van der Waals surface area contributed by atoms with Gasteiger partial charge in [0.1, 0.15) is 4.90 Å². The number of rotatable bonds is 3. The zero-order chi connectivity index (χ0) is 14.9. The van der Waals surface area contributed by atoms with Gasteiger partial charge in [-0.3, -0.25) is 0 Å². The van der Waals surface area contributed by atoms with Gasteiger partial charge in [0.2, 0.25) is 10.0 Å². The minimum atomic E-state index is -3.61. The van der Waals surface area contributed by atoms with E-state index in [9.17, 15) is 8.42 Å². The van der Waals surface area contributed by atoms with Gasteiger partial charge in [0.15, 0.2) is 0 Å². The number of nitrogens with two attached hydrogens (primary N) is 1. The summed E-state index contributed by atoms with van der Waals surface area (Å²) in [5, 5.41) is 0.273. The molecule has 0 aliphatic carbocycles. The summed E-state index contributed by atoms with van der Waals surface area (Å²) in [5.74, 6) is 0.405. The molecule has 0 amide bonds. The fraction of sp³-hybridized carbons (Fsp3) is 0.538. The number of hydrogen-bond donors (Lipinski definition) is 1. The highest BCUT2D eigenvalue weighted by atomic mass is 35.5. The Morgan fingerprint density at radius 1 is 1.40 bits per heavy atom. The van der Waals surface area contributed by atoms with Crippen LogP contribution >= 0.6 is 23.2 Å². The van der Waals surface area contributed by atoms with Gasteiger partial charge in [-0.2, -0.15) is 4.31 Å². The van der Waals surface area contributed by atoms with Crippen LogP contribution in [0.1, 0.15) is 26.2 Å². The van der Waals surface area contributed by atoms with E-state index in [0.29, 0.717) is 19.0 Å². The second kappa shape index (κ2) is 6.10. The Morgan fingerprint density at radius 2 is 2.10 bits per heavy atom. The van der Waals surface area contributed by atoms with Crippen LogP contribution < -0.4 is 5.73 Å². The molecule has 0 bridgehead atoms. The molecule has 1 atom stereocenters. The Hall–Kier alpha value is -0.490. The third-order valence-electron chi connectivity index (χ3n) is 3.77. The zero-order valence-corrected chi connectivity index (χ0v) is 13.6. The summed E-state index contributed by atoms with van der Waals surface area (Å²) in [5.41, 5.74) is 5.83. The van der Waals surface area contributed by atoms with E-state index in [2.05, 4.69) is 6.92 Å². The van der Waals surface area contributed by atoms with Crippen LogP contribution in [0.2, 0.25) is 10.0 Å². The molecule has 1 unspecified atom stereocenters. The lowest BCUT2D eigenvalue weighted by Crippen LogP contribution is -2.39. The maximum atomic E-state index is 12.7. The molecule has 1 aromatic rings. The molecule has 112 valence electrons. The summed E-state index contributed by atoms with van der Waals surface area (Å²) in [6, 6.07) is 2.89. The number of halogens is 2. The first-order valence-corrected chi connectivity index (χ1v) is 8.81. The van der Waals surface area contributed by atoms with Crippen LogP contribution in [0.15, 0.2) is 17.0 Å². The second-order valence-electron chi connectivity index (χ2n) is 5.05. The van der Waals surface area contributed by atoms with E-state index in [1.54, 1.807) is 0 Å². The third-order valence-corrected chi connectivity index (χ3v) is 6.52. The molecule has 1 aliphatic rings. The molecule has 1 heterocycles. The van der Waals surface area contributed by atoms with Crippen molar-refractivity contribution >= 4 is 38.9 Å². The standard InChI is InChI=1S/C13H18Cl2N2O2S/c1-2-9-4-3-7-17(8-9)20(18,19)11-6-5-10(14)13(16)12(11)15/h5-6,9H,2-4,7-8,16H2,1H3. The Morgan fingerprint density at radius 3 is 2.75 bits per heavy atom. The topological polar surface area (TPSA) is 63.4 Å². The Bertz CT molecular complexity index is 605. The highest BCUT2D eigenvalue weighted by Crippen LogP contribution is 2.35. The molecule has 2 rings (SSSR count). The summed E-state index contributed by atoms with van der Waals surface area (Å²) in [6.45, 7) is 3.14. The van der Waals surface area contributed by atoms with E-state index in [1.807, 2.05) is 0 Å². The van der Waals surface area contributed by atoms with Crippen LogP contribution in [-0.2, 0) is 10.0 Å². The van der Waals surface area contributed by atoms with Gasteiger partial charge < -0.3 is 5.73 Å². The van der Waals surface area contributed by atoms with E-state index < -0.39 is 10.0 Å². The normalized spacial score (nSPS) is 21.1. The predicted molar refractivity (Wildman–Crippen MR) is 82.6 cm³/mol. The summed E-state index contributed by atoms with van der Waals surface area (Å²) < 4.78 is 26.9. The number of anilines is 1. The number of benzene rings is 1. The van der Waals surface area contributed by atoms with Gasteiger partial charge in [-0.15, -0.1) is 0 Å². The molecule has 4 nitrogen and oxygen atoms in total. The van der Waals surface area contributed by atoms with Crippen LogP contribution in [0.5, 0.6) is 0 Å². The average Bonchev–Trinajstić information content (AvgIpc) is 2.44. The number of piperidine rings is 1. The van der Waals surface area contributed by atoms with Crippen LogP contribution in [-0.4, -0.2) is 25.8 Å². The summed E-state index contributed by atoms with van der Waals surface area (Å²) >= 11 is 11.9. The van der Waals surface area contributed by atoms with Gasteiger partial charge >= 0.3 is 0 Å². The van der Waals surface area contributed by atoms with Gasteiger partial charge in [-0.1, -0.05) is 36.5 Å². The van der Waals surface area contributed by atoms with E-state index in [-0.39, 0.29) is 20.6 Å². The third kappa shape index (κ3) is 2.91. The molecule has 0 saturated carbocycles. The lowest BCUT2D eigenvalue weighted by atomic mass is 9.97. The fourth-order valence-corrected chi connectivity index (χ4v) is 4.76. The molecule has 0 radical (unpaired) electrons. The Balaban J connectivity index is 2.38. The van der Waals surface area contributed by atoms with E-state index in [4.69, 9.17) is 28.9 Å². The smallest absolute Gasteiger partial charge is 0.244 e. The van der Waals surface area contributed by atoms with E-state index >= 15 is 0 Å². The van der Waals surface area contributed by atoms with Crippen LogP contribution in [0.4, 0.5) is 5.69 Å². The number of nitrogen functional groups attached to an aromatic ring is 1. The largest absolute Gasteiger partial charge is 0.396 e. The van der Waals surface area contributed by atoms with Crippen molar-refractivity contribution in [3.05, 3.63) is 22.2 Å². The molecule has 1 saturated heterocycles. The Kier molecular flexibility index (Phi) is 4.84. The quantitative estimate of drug-likeness (QED) is 0.860. The highest BCUT2D eigenvalue weighted by molar-refractivity contribution is 7.89. The molecule has 0 aromatic heterocycles. The lowest BCUT2D eigenvalue weighted by molar-refractivity contribution is 0.261. The summed E-state index contributed by atoms with van der Waals surface area (Å²) in [7, 11) is -3.61. The van der Waals surface area contributed by atoms with Gasteiger partial charge in [0, 0.05) is 13.1 Å². The predicted octanol–water partition coefficient (Wildman–Crippen LogP) is 3.39. The molecule has 1 aliphatic heterocycles. The number of nitrogens with zero attached hydrogens (tertiary/aromatic N) is 1. The van der Waals surface area contributed by atoms with Gasteiger partial charge in [0.05, 0.1) is 15.7 Å². The van der Waals surface area contributed by atoms with Crippen molar-refractivity contribution in [3.63, 3.8) is 0 Å². The van der Waals surface area contributed by atoms with E-state index in [0.717, 1.165) is 19.3 Å². The average molecular weight is 337 g/mol. The van der Waals surface area contributed by atoms with Crippen molar-refractivity contribution in [1.82, 2.24) is 4.31 Å². The first kappa shape index (κ1) is 15.9. The fourth-order valence-electron chi connectivity index (χ4n) is 2.47. The number of sulfonamides is 1. The van der Waals surface area contributed by atoms with Gasteiger partial charge in [-0.25, -0.2) is 8.42 Å². The molecular weight excluding hydrogens is 319 g/mol. The first-order chi connectivity index (χ1) is 9.37. The number of hydrogen-bond acceptors (Lipinski definition) is 3. The van der Waals surface area contributed by atoms with Crippen molar-refractivity contribution < 1.29 is 8.42 Å². The molecule has 0 spiro atoms. The summed E-state index contributed by atoms with van der Waals surface area (Å²) in [6.07, 6.45) is 2.92. The monoisotopic (exact) mass is 336 g/mol. The maximum absolute atomic E-state index is 12.7. The van der Waals surface area contributed by atoms with Crippen LogP contribution in [0.3, 0.4) is 0 Å². The maximum Gasteiger partial charge on any atom is 0.244 e. The van der Waals surface area contributed by atoms with Crippen molar-refractivity contribution in [2.45, 2.75) is 31.1 Å². The SMILES string of the molecule is CCC1CCCN(S(=O)(=O)c2ccc(Cl)c(N)c2Cl)C1. The van der Waals surface area contributed by atoms with Gasteiger partial charge in [-0.05, 0) is 30.9 Å². The minimum Gasteiger partial charge on any atom is -0.396 e. The van der Waals surface area contributed by atoms with Gasteiger partial charge in [0.25, 0.3) is 0 Å². The van der Waals surface area contributed by atoms with E-state index in [1.165, 1.54) is 16.4 Å². The molecule has 1 aromatic carbocycles. The zero-order valence-electron chi connectivity index (χ0n) is 11.3. The summed E-state index contributed by atoms with van der Waals surface area (Å²) in [4.78, 5) is 0.0396. The van der Waals surface area contributed by atoms with Crippen molar-refractivity contribution in [3.8, 4) is 0 Å². The van der Waals surface area contributed by atoms with Crippen molar-refractivity contribution in [1.29, 1.82) is 0 Å². The minimum absolute atomic E-state index is 0.0103. The highest BCUT2D eigenvalue weighted by Gasteiger charge is 2.31. The van der Waals surface area contributed by atoms with Crippen molar-refractivity contribution in [2.75, 3.05) is 18.8 Å². The van der Waals surface area contributed by atoms with Crippen LogP contribution in [0.25, 0.3) is 0 Å². The molecule has 1 fully saturated rings. The molecular formula is C13H18Cl2N2O2S. The van der Waals surface area contributed by atoms with Crippen LogP contribution in [0, 0.1) is 5.92 Å². The Labute approximate surface area is 129 Å². The molecule has 2 N–H and O–H groups in total. The first-order valence-electron chi connectivity index (χ1n) is 6.61. The second-order valence-corrected chi connectivity index (χ2v) is 7.74. The lowest BCUT2D eigenvalue weighted by Gasteiger charge is -2.31. The molecule has 7 heteroatoms. The molecule has 20 heavy (non-hydrogen) atoms.